The van der Waals surface area contributed by atoms with E-state index >= 15 is 0 Å². The zero-order valence-electron chi connectivity index (χ0n) is 15.8. The number of amides is 1. The van der Waals surface area contributed by atoms with E-state index in [9.17, 15) is 14.4 Å². The molecule has 4 rings (SSSR count). The van der Waals surface area contributed by atoms with E-state index in [4.69, 9.17) is 0 Å². The van der Waals surface area contributed by atoms with Crippen LogP contribution in [0.25, 0.3) is 21.6 Å². The molecule has 0 aliphatic carbocycles. The fourth-order valence-corrected chi connectivity index (χ4v) is 3.80. The van der Waals surface area contributed by atoms with Crippen molar-refractivity contribution in [3.63, 3.8) is 0 Å². The van der Waals surface area contributed by atoms with Crippen molar-refractivity contribution in [2.75, 3.05) is 0 Å². The molecule has 9 nitrogen and oxygen atoms in total. The minimum atomic E-state index is -0.485. The van der Waals surface area contributed by atoms with Gasteiger partial charge in [-0.15, -0.1) is 11.3 Å². The predicted octanol–water partition coefficient (Wildman–Crippen LogP) is 0.874. The van der Waals surface area contributed by atoms with E-state index in [1.165, 1.54) is 29.6 Å². The van der Waals surface area contributed by atoms with E-state index in [2.05, 4.69) is 15.3 Å². The van der Waals surface area contributed by atoms with Gasteiger partial charge in [-0.25, -0.2) is 9.78 Å². The fourth-order valence-electron chi connectivity index (χ4n) is 3.09. The Hall–Kier alpha value is -3.53. The van der Waals surface area contributed by atoms with Crippen molar-refractivity contribution < 1.29 is 4.79 Å². The molecular weight excluding hydrogens is 392 g/mol. The van der Waals surface area contributed by atoms with Gasteiger partial charge < -0.3 is 9.88 Å². The predicted molar refractivity (Wildman–Crippen MR) is 110 cm³/mol. The molecule has 0 unspecified atom stereocenters. The second kappa shape index (κ2) is 7.47. The lowest BCUT2D eigenvalue weighted by Gasteiger charge is -2.08. The van der Waals surface area contributed by atoms with Gasteiger partial charge in [-0.2, -0.15) is 0 Å². The van der Waals surface area contributed by atoms with Crippen LogP contribution >= 0.6 is 11.3 Å². The zero-order valence-corrected chi connectivity index (χ0v) is 16.6. The molecule has 4 aromatic heterocycles. The topological polar surface area (TPSA) is 104 Å². The molecule has 10 heteroatoms. The minimum absolute atomic E-state index is 0.0814. The molecule has 0 bridgehead atoms. The molecular formula is C19H18N6O3S. The van der Waals surface area contributed by atoms with Crippen LogP contribution in [0.15, 0.2) is 51.9 Å². The van der Waals surface area contributed by atoms with E-state index in [-0.39, 0.29) is 23.6 Å². The minimum Gasteiger partial charge on any atom is -0.350 e. The van der Waals surface area contributed by atoms with Gasteiger partial charge >= 0.3 is 5.69 Å². The third-order valence-electron chi connectivity index (χ3n) is 4.62. The van der Waals surface area contributed by atoms with E-state index in [1.54, 1.807) is 23.7 Å². The van der Waals surface area contributed by atoms with Gasteiger partial charge in [-0.3, -0.25) is 23.7 Å². The molecule has 4 heterocycles. The summed E-state index contributed by atoms with van der Waals surface area (Å²) in [6.45, 7) is 0.232. The second-order valence-electron chi connectivity index (χ2n) is 6.59. The van der Waals surface area contributed by atoms with Gasteiger partial charge in [0.2, 0.25) is 5.91 Å². The van der Waals surface area contributed by atoms with Crippen molar-refractivity contribution in [3.8, 4) is 10.4 Å². The molecule has 0 aromatic carbocycles. The van der Waals surface area contributed by atoms with Crippen molar-refractivity contribution in [3.05, 3.63) is 68.7 Å². The number of thiophene rings is 1. The number of nitrogens with one attached hydrogen (secondary N) is 1. The van der Waals surface area contributed by atoms with Gasteiger partial charge in [0, 0.05) is 43.5 Å². The Morgan fingerprint density at radius 3 is 2.79 bits per heavy atom. The van der Waals surface area contributed by atoms with Crippen LogP contribution in [-0.4, -0.2) is 29.6 Å². The molecule has 0 aliphatic heterocycles. The molecule has 0 saturated carbocycles. The highest BCUT2D eigenvalue weighted by Gasteiger charge is 2.16. The molecule has 0 saturated heterocycles. The van der Waals surface area contributed by atoms with Crippen molar-refractivity contribution >= 4 is 28.4 Å². The molecule has 0 radical (unpaired) electrons. The highest BCUT2D eigenvalue weighted by atomic mass is 32.1. The number of imidazole rings is 1. The molecule has 4 aromatic rings. The number of carbonyl (C=O) groups excluding carboxylic acids is 1. The molecule has 0 atom stereocenters. The first-order chi connectivity index (χ1) is 14.0. The fraction of sp³-hybridized carbons (Fsp3) is 0.211. The van der Waals surface area contributed by atoms with Crippen LogP contribution in [-0.2, 0) is 32.0 Å². The molecule has 1 amide bonds. The average Bonchev–Trinajstić information content (AvgIpc) is 3.40. The smallest absolute Gasteiger partial charge is 0.332 e. The summed E-state index contributed by atoms with van der Waals surface area (Å²) in [5.41, 5.74) is 1.39. The Balaban J connectivity index is 1.51. The molecule has 29 heavy (non-hydrogen) atoms. The van der Waals surface area contributed by atoms with E-state index in [0.29, 0.717) is 6.54 Å². The van der Waals surface area contributed by atoms with Gasteiger partial charge in [-0.05, 0) is 23.1 Å². The lowest BCUT2D eigenvalue weighted by molar-refractivity contribution is -0.121. The Morgan fingerprint density at radius 1 is 1.21 bits per heavy atom. The maximum absolute atomic E-state index is 12.4. The van der Waals surface area contributed by atoms with Gasteiger partial charge in [-0.1, -0.05) is 6.07 Å². The monoisotopic (exact) mass is 410 g/mol. The number of hydrogen-bond donors (Lipinski definition) is 1. The summed E-state index contributed by atoms with van der Waals surface area (Å²) in [5.74, 6) is -0.276. The molecule has 0 fully saturated rings. The first-order valence-corrected chi connectivity index (χ1v) is 9.69. The molecule has 0 aliphatic rings. The van der Waals surface area contributed by atoms with Crippen LogP contribution < -0.4 is 16.6 Å². The summed E-state index contributed by atoms with van der Waals surface area (Å²) in [6, 6.07) is 5.98. The van der Waals surface area contributed by atoms with Crippen molar-refractivity contribution in [1.82, 2.24) is 29.0 Å². The second-order valence-corrected chi connectivity index (χ2v) is 7.53. The molecule has 1 N–H and O–H groups in total. The van der Waals surface area contributed by atoms with Crippen molar-refractivity contribution in [2.45, 2.75) is 13.1 Å². The summed E-state index contributed by atoms with van der Waals surface area (Å²) in [5, 5.41) is 4.83. The lowest BCUT2D eigenvalue weighted by Crippen LogP contribution is -2.38. The third-order valence-corrected chi connectivity index (χ3v) is 5.54. The average molecular weight is 410 g/mol. The van der Waals surface area contributed by atoms with E-state index in [0.717, 1.165) is 20.6 Å². The Bertz CT molecular complexity index is 1320. The summed E-state index contributed by atoms with van der Waals surface area (Å²) < 4.78 is 3.74. The third kappa shape index (κ3) is 3.49. The van der Waals surface area contributed by atoms with Crippen LogP contribution in [0.4, 0.5) is 0 Å². The van der Waals surface area contributed by atoms with Crippen molar-refractivity contribution in [2.24, 2.45) is 14.1 Å². The Labute approximate surface area is 168 Å². The summed E-state index contributed by atoms with van der Waals surface area (Å²) in [7, 11) is 2.93. The van der Waals surface area contributed by atoms with Crippen LogP contribution in [0.2, 0.25) is 0 Å². The van der Waals surface area contributed by atoms with Crippen LogP contribution in [0.1, 0.15) is 5.56 Å². The van der Waals surface area contributed by atoms with Crippen LogP contribution in [0.5, 0.6) is 0 Å². The quantitative estimate of drug-likeness (QED) is 0.526. The van der Waals surface area contributed by atoms with Gasteiger partial charge in [0.1, 0.15) is 6.54 Å². The highest BCUT2D eigenvalue weighted by Crippen LogP contribution is 2.24. The number of aromatic nitrogens is 5. The van der Waals surface area contributed by atoms with E-state index in [1.807, 2.05) is 23.6 Å². The van der Waals surface area contributed by atoms with E-state index < -0.39 is 11.2 Å². The maximum Gasteiger partial charge on any atom is 0.332 e. The van der Waals surface area contributed by atoms with Gasteiger partial charge in [0.05, 0.1) is 6.33 Å². The number of fused-ring (bicyclic) bond motifs is 1. The number of nitrogens with zero attached hydrogens (tertiary/aromatic N) is 5. The normalized spacial score (nSPS) is 11.1. The summed E-state index contributed by atoms with van der Waals surface area (Å²) in [4.78, 5) is 46.3. The SMILES string of the molecule is Cn1c(=O)c2c(ncn2CC(=O)NCc2cncc(-c3cccs3)c2)n(C)c1=O. The number of carbonyl (C=O) groups is 1. The number of pyridine rings is 1. The van der Waals surface area contributed by atoms with Gasteiger partial charge in [0.15, 0.2) is 11.2 Å². The highest BCUT2D eigenvalue weighted by molar-refractivity contribution is 7.13. The summed E-state index contributed by atoms with van der Waals surface area (Å²) in [6.07, 6.45) is 4.88. The summed E-state index contributed by atoms with van der Waals surface area (Å²) >= 11 is 1.62. The standard InChI is InChI=1S/C19H18N6O3S/c1-23-17-16(18(27)24(2)19(23)28)25(11-22-17)10-15(26)21-8-12-6-13(9-20-7-12)14-4-3-5-29-14/h3-7,9,11H,8,10H2,1-2H3,(H,21,26). The Morgan fingerprint density at radius 2 is 2.03 bits per heavy atom. The molecule has 0 spiro atoms. The number of rotatable bonds is 5. The first kappa shape index (κ1) is 18.8. The number of aryl methyl sites for hydroxylation is 1. The maximum atomic E-state index is 12.4. The van der Waals surface area contributed by atoms with Crippen molar-refractivity contribution in [1.29, 1.82) is 0 Å². The first-order valence-electron chi connectivity index (χ1n) is 8.81. The largest absolute Gasteiger partial charge is 0.350 e. The molecule has 148 valence electrons. The lowest BCUT2D eigenvalue weighted by atomic mass is 10.2. The number of hydrogen-bond acceptors (Lipinski definition) is 6. The van der Waals surface area contributed by atoms with Gasteiger partial charge in [0.25, 0.3) is 5.56 Å². The van der Waals surface area contributed by atoms with Crippen LogP contribution in [0.3, 0.4) is 0 Å². The van der Waals surface area contributed by atoms with Crippen LogP contribution in [0, 0.1) is 0 Å². The Kier molecular flexibility index (Phi) is 4.85. The zero-order chi connectivity index (χ0) is 20.5.